The van der Waals surface area contributed by atoms with E-state index in [1.807, 2.05) is 81.0 Å². The number of benzene rings is 2. The largest absolute Gasteiger partial charge is 0.461 e. The Hall–Kier alpha value is -3.04. The number of hydrogen-bond donors (Lipinski definition) is 0. The van der Waals surface area contributed by atoms with E-state index >= 15 is 0 Å². The van der Waals surface area contributed by atoms with E-state index in [2.05, 4.69) is 20.0 Å². The fraction of sp³-hybridized carbons (Fsp3) is 0.387. The summed E-state index contributed by atoms with van der Waals surface area (Å²) in [6.07, 6.45) is 3.91. The average molecular weight is 746 g/mol. The van der Waals surface area contributed by atoms with Crippen LogP contribution < -0.4 is 4.74 Å². The molecule has 11 nitrogen and oxygen atoms in total. The highest BCUT2D eigenvalue weighted by Crippen LogP contribution is 2.60. The SMILES string of the molecule is CC1(C)C(C=C(Cl)Cl)C1C(=O)OCc1cccc(Oc2ccccc2)c1.CS/C(C)=N\OC(=O)N(C)SN(C)C(=O)O/N=C(/C)SC. The predicted molar refractivity (Wildman–Crippen MR) is 193 cm³/mol. The number of carbonyl (C=O) groups is 3. The molecule has 2 amide bonds. The zero-order chi connectivity index (χ0) is 35.1. The maximum atomic E-state index is 12.4. The summed E-state index contributed by atoms with van der Waals surface area (Å²) >= 11 is 15.0. The average Bonchev–Trinajstić information content (AvgIpc) is 3.59. The molecule has 256 valence electrons. The molecule has 0 heterocycles. The lowest BCUT2D eigenvalue weighted by Crippen LogP contribution is -2.28. The predicted octanol–water partition coefficient (Wildman–Crippen LogP) is 9.19. The van der Waals surface area contributed by atoms with Crippen molar-refractivity contribution >= 4 is 87.1 Å². The summed E-state index contributed by atoms with van der Waals surface area (Å²) in [4.78, 5) is 44.9. The Labute approximate surface area is 298 Å². The number of oxime groups is 2. The van der Waals surface area contributed by atoms with Gasteiger partial charge >= 0.3 is 18.2 Å². The van der Waals surface area contributed by atoms with Gasteiger partial charge in [-0.05, 0) is 73.6 Å². The van der Waals surface area contributed by atoms with Crippen LogP contribution in [-0.2, 0) is 25.8 Å². The van der Waals surface area contributed by atoms with E-state index in [4.69, 9.17) is 32.7 Å². The standard InChI is InChI=1S/C21H20Cl2O3.C10H18N4O4S3/c1-21(2)17(12-18(22)23)19(21)20(24)25-13-14-7-6-10-16(11-14)26-15-8-4-3-5-9-15;1-7(19-5)11-17-9(15)13(3)21-14(4)10(16)18-12-8(2)20-6/h3-12,17,19H,13H2,1-2H3;1-6H3/b;11-7-,12-8-. The molecule has 2 unspecified atom stereocenters. The molecule has 0 bridgehead atoms. The van der Waals surface area contributed by atoms with Crippen LogP contribution in [0.25, 0.3) is 0 Å². The Morgan fingerprint density at radius 3 is 1.91 bits per heavy atom. The van der Waals surface area contributed by atoms with Crippen LogP contribution >= 0.6 is 58.9 Å². The summed E-state index contributed by atoms with van der Waals surface area (Å²) in [6, 6.07) is 17.0. The minimum atomic E-state index is -0.711. The van der Waals surface area contributed by atoms with Gasteiger partial charge < -0.3 is 9.47 Å². The van der Waals surface area contributed by atoms with Crippen molar-refractivity contribution < 1.29 is 33.5 Å². The molecule has 1 fully saturated rings. The molecule has 16 heteroatoms. The first-order chi connectivity index (χ1) is 22.2. The zero-order valence-electron chi connectivity index (χ0n) is 27.3. The van der Waals surface area contributed by atoms with E-state index in [1.165, 1.54) is 37.6 Å². The number of hydrogen-bond acceptors (Lipinski definition) is 12. The van der Waals surface area contributed by atoms with Crippen molar-refractivity contribution in [2.75, 3.05) is 26.6 Å². The minimum Gasteiger partial charge on any atom is -0.461 e. The smallest absolute Gasteiger partial charge is 0.447 e. The minimum absolute atomic E-state index is 0.00717. The number of ether oxygens (including phenoxy) is 2. The molecule has 1 saturated carbocycles. The summed E-state index contributed by atoms with van der Waals surface area (Å²) in [7, 11) is 2.88. The van der Waals surface area contributed by atoms with Crippen LogP contribution in [-0.4, -0.2) is 63.5 Å². The van der Waals surface area contributed by atoms with Crippen molar-refractivity contribution in [1.29, 1.82) is 0 Å². The Morgan fingerprint density at radius 1 is 0.872 bits per heavy atom. The van der Waals surface area contributed by atoms with E-state index in [-0.39, 0.29) is 34.3 Å². The second-order valence-corrected chi connectivity index (χ2v) is 14.6. The zero-order valence-corrected chi connectivity index (χ0v) is 31.2. The van der Waals surface area contributed by atoms with Crippen molar-refractivity contribution in [3.63, 3.8) is 0 Å². The van der Waals surface area contributed by atoms with Crippen LogP contribution in [0.1, 0.15) is 33.3 Å². The molecule has 0 aliphatic heterocycles. The first-order valence-electron chi connectivity index (χ1n) is 14.0. The Kier molecular flexibility index (Phi) is 16.8. The second kappa shape index (κ2) is 19.7. The summed E-state index contributed by atoms with van der Waals surface area (Å²) < 4.78 is 13.7. The molecule has 2 aromatic rings. The van der Waals surface area contributed by atoms with Gasteiger partial charge in [-0.1, -0.05) is 77.7 Å². The summed E-state index contributed by atoms with van der Waals surface area (Å²) in [5.74, 6) is 1.01. The second-order valence-electron chi connectivity index (χ2n) is 10.4. The molecule has 0 radical (unpaired) electrons. The number of halogens is 2. The number of carbonyl (C=O) groups excluding carboxylic acids is 3. The van der Waals surface area contributed by atoms with Crippen LogP contribution in [0, 0.1) is 17.3 Å². The van der Waals surface area contributed by atoms with Crippen molar-refractivity contribution in [3.05, 3.63) is 70.7 Å². The van der Waals surface area contributed by atoms with Crippen LogP contribution in [0.3, 0.4) is 0 Å². The van der Waals surface area contributed by atoms with Gasteiger partial charge in [-0.25, -0.2) is 18.2 Å². The van der Waals surface area contributed by atoms with Gasteiger partial charge in [-0.15, -0.1) is 23.5 Å². The lowest BCUT2D eigenvalue weighted by atomic mass is 10.1. The first-order valence-corrected chi connectivity index (χ1v) is 17.9. The van der Waals surface area contributed by atoms with Crippen molar-refractivity contribution in [1.82, 2.24) is 8.61 Å². The number of amides is 2. The molecule has 3 rings (SSSR count). The molecule has 0 spiro atoms. The molecule has 2 aromatic carbocycles. The molecule has 47 heavy (non-hydrogen) atoms. The van der Waals surface area contributed by atoms with E-state index in [1.54, 1.807) is 19.9 Å². The number of para-hydroxylation sites is 1. The van der Waals surface area contributed by atoms with Gasteiger partial charge in [0, 0.05) is 14.1 Å². The highest BCUT2D eigenvalue weighted by atomic mass is 35.5. The molecule has 2 atom stereocenters. The number of nitrogens with zero attached hydrogens (tertiary/aromatic N) is 4. The van der Waals surface area contributed by atoms with Gasteiger partial charge in [0.15, 0.2) is 0 Å². The van der Waals surface area contributed by atoms with Crippen LogP contribution in [0.4, 0.5) is 9.59 Å². The lowest BCUT2D eigenvalue weighted by molar-refractivity contribution is -0.147. The Morgan fingerprint density at radius 2 is 1.40 bits per heavy atom. The quantitative estimate of drug-likeness (QED) is 0.0582. The van der Waals surface area contributed by atoms with Gasteiger partial charge in [-0.3, -0.25) is 14.5 Å². The number of allylic oxidation sites excluding steroid dienone is 1. The maximum absolute atomic E-state index is 12.4. The van der Waals surface area contributed by atoms with Crippen molar-refractivity contribution in [2.45, 2.75) is 34.3 Å². The number of rotatable bonds is 10. The van der Waals surface area contributed by atoms with Crippen LogP contribution in [0.2, 0.25) is 0 Å². The lowest BCUT2D eigenvalue weighted by Gasteiger charge is -2.19. The van der Waals surface area contributed by atoms with Gasteiger partial charge in [-0.2, -0.15) is 0 Å². The van der Waals surface area contributed by atoms with Crippen LogP contribution in [0.15, 0.2) is 75.5 Å². The first kappa shape index (κ1) is 40.1. The van der Waals surface area contributed by atoms with Crippen molar-refractivity contribution in [2.24, 2.45) is 27.6 Å². The summed E-state index contributed by atoms with van der Waals surface area (Å²) in [5.41, 5.74) is 0.678. The van der Waals surface area contributed by atoms with Gasteiger partial charge in [0.2, 0.25) is 0 Å². The van der Waals surface area contributed by atoms with E-state index in [0.717, 1.165) is 32.1 Å². The van der Waals surface area contributed by atoms with E-state index < -0.39 is 12.2 Å². The van der Waals surface area contributed by atoms with Crippen LogP contribution in [0.5, 0.6) is 11.5 Å². The van der Waals surface area contributed by atoms with E-state index in [0.29, 0.717) is 15.8 Å². The molecule has 1 aliphatic carbocycles. The molecular weight excluding hydrogens is 707 g/mol. The van der Waals surface area contributed by atoms with Gasteiger partial charge in [0.25, 0.3) is 0 Å². The fourth-order valence-electron chi connectivity index (χ4n) is 3.79. The normalized spacial score (nSPS) is 16.5. The maximum Gasteiger partial charge on any atom is 0.447 e. The highest BCUT2D eigenvalue weighted by Gasteiger charge is 2.61. The van der Waals surface area contributed by atoms with Gasteiger partial charge in [0.1, 0.15) is 32.7 Å². The Bertz CT molecular complexity index is 1420. The fourth-order valence-corrected chi connectivity index (χ4v) is 4.85. The third-order valence-corrected chi connectivity index (χ3v) is 8.95. The summed E-state index contributed by atoms with van der Waals surface area (Å²) in [6.45, 7) is 7.63. The van der Waals surface area contributed by atoms with Crippen molar-refractivity contribution in [3.8, 4) is 11.5 Å². The topological polar surface area (TPSA) is 119 Å². The molecular formula is C31H38Cl2N4O7S3. The third kappa shape index (κ3) is 13.9. The number of thioether (sulfide) groups is 2. The van der Waals surface area contributed by atoms with Gasteiger partial charge in [0.05, 0.1) is 18.1 Å². The third-order valence-electron chi connectivity index (χ3n) is 6.58. The highest BCUT2D eigenvalue weighted by molar-refractivity contribution is 8.13. The molecule has 0 aromatic heterocycles. The Balaban J connectivity index is 0.000000336. The molecule has 0 saturated heterocycles. The number of esters is 1. The molecule has 1 aliphatic rings. The summed E-state index contributed by atoms with van der Waals surface area (Å²) in [5, 5.41) is 8.42. The molecule has 0 N–H and O–H groups in total. The van der Waals surface area contributed by atoms with E-state index in [9.17, 15) is 14.4 Å². The monoisotopic (exact) mass is 744 g/mol.